The van der Waals surface area contributed by atoms with Crippen LogP contribution in [0.1, 0.15) is 23.6 Å². The summed E-state index contributed by atoms with van der Waals surface area (Å²) < 4.78 is 2.16. The van der Waals surface area contributed by atoms with Gasteiger partial charge in [-0.15, -0.1) is 11.7 Å². The minimum atomic E-state index is 0.909. The SMILES string of the molecule is CC[n+]1ccc(/C=C/c2ccc(N(CCSS)Cc3ccccc3)cc2)cc1. The zero-order valence-electron chi connectivity index (χ0n) is 16.2. The molecule has 0 saturated carbocycles. The molecule has 0 aliphatic rings. The third kappa shape index (κ3) is 6.18. The van der Waals surface area contributed by atoms with Gasteiger partial charge in [0.05, 0.1) is 0 Å². The topological polar surface area (TPSA) is 7.12 Å². The van der Waals surface area contributed by atoms with Gasteiger partial charge in [0.25, 0.3) is 0 Å². The van der Waals surface area contributed by atoms with Crippen molar-refractivity contribution < 1.29 is 4.57 Å². The van der Waals surface area contributed by atoms with E-state index < -0.39 is 0 Å². The lowest BCUT2D eigenvalue weighted by molar-refractivity contribution is -0.693. The molecule has 2 nitrogen and oxygen atoms in total. The molecule has 0 radical (unpaired) electrons. The lowest BCUT2D eigenvalue weighted by atomic mass is 10.1. The molecule has 1 heterocycles. The molecule has 0 saturated heterocycles. The molecule has 0 atom stereocenters. The highest BCUT2D eigenvalue weighted by atomic mass is 33.1. The summed E-state index contributed by atoms with van der Waals surface area (Å²) in [5, 5.41) is 0. The van der Waals surface area contributed by atoms with E-state index >= 15 is 0 Å². The molecule has 4 heteroatoms. The average molecular weight is 408 g/mol. The highest BCUT2D eigenvalue weighted by molar-refractivity contribution is 8.68. The van der Waals surface area contributed by atoms with Crippen molar-refractivity contribution in [3.05, 3.63) is 95.8 Å². The third-order valence-corrected chi connectivity index (χ3v) is 5.59. The fourth-order valence-corrected chi connectivity index (χ4v) is 3.58. The Kier molecular flexibility index (Phi) is 8.07. The van der Waals surface area contributed by atoms with Crippen LogP contribution in [-0.4, -0.2) is 12.3 Å². The van der Waals surface area contributed by atoms with Gasteiger partial charge in [0.2, 0.25) is 0 Å². The molecule has 0 fully saturated rings. The molecule has 0 N–H and O–H groups in total. The van der Waals surface area contributed by atoms with Crippen molar-refractivity contribution >= 4 is 40.3 Å². The smallest absolute Gasteiger partial charge is 0.169 e. The molecule has 144 valence electrons. The average Bonchev–Trinajstić information content (AvgIpc) is 2.76. The van der Waals surface area contributed by atoms with Gasteiger partial charge in [-0.05, 0) is 35.7 Å². The molecule has 0 spiro atoms. The summed E-state index contributed by atoms with van der Waals surface area (Å²) in [7, 11) is 1.59. The Morgan fingerprint density at radius 2 is 1.54 bits per heavy atom. The Morgan fingerprint density at radius 1 is 0.893 bits per heavy atom. The Labute approximate surface area is 177 Å². The number of pyridine rings is 1. The van der Waals surface area contributed by atoms with Gasteiger partial charge in [0.1, 0.15) is 6.54 Å². The first-order valence-corrected chi connectivity index (χ1v) is 11.6. The number of nitrogens with zero attached hydrogens (tertiary/aromatic N) is 2. The lowest BCUT2D eigenvalue weighted by Crippen LogP contribution is -2.30. The molecule has 0 bridgehead atoms. The van der Waals surface area contributed by atoms with Gasteiger partial charge >= 0.3 is 0 Å². The van der Waals surface area contributed by atoms with Crippen LogP contribution in [0.4, 0.5) is 5.69 Å². The first-order chi connectivity index (χ1) is 13.8. The number of thiol groups is 1. The second-order valence-corrected chi connectivity index (χ2v) is 8.07. The Balaban J connectivity index is 1.69. The summed E-state index contributed by atoms with van der Waals surface area (Å²) in [6.07, 6.45) is 8.56. The maximum Gasteiger partial charge on any atom is 0.169 e. The van der Waals surface area contributed by atoms with Crippen LogP contribution in [0.25, 0.3) is 12.2 Å². The van der Waals surface area contributed by atoms with Gasteiger partial charge in [0.15, 0.2) is 12.4 Å². The third-order valence-electron chi connectivity index (χ3n) is 4.68. The van der Waals surface area contributed by atoms with Gasteiger partial charge < -0.3 is 4.90 Å². The highest BCUT2D eigenvalue weighted by Crippen LogP contribution is 2.20. The van der Waals surface area contributed by atoms with Crippen LogP contribution in [-0.2, 0) is 13.1 Å². The van der Waals surface area contributed by atoms with Crippen molar-refractivity contribution in [1.29, 1.82) is 0 Å². The van der Waals surface area contributed by atoms with E-state index in [9.17, 15) is 0 Å². The normalized spacial score (nSPS) is 11.1. The van der Waals surface area contributed by atoms with Gasteiger partial charge in [-0.25, -0.2) is 4.57 Å². The number of hydrogen-bond acceptors (Lipinski definition) is 3. The Hall–Kier alpha value is -2.17. The number of benzene rings is 2. The molecule has 0 aliphatic heterocycles. The zero-order valence-corrected chi connectivity index (χ0v) is 17.9. The predicted molar refractivity (Wildman–Crippen MR) is 127 cm³/mol. The number of hydrogen-bond donors (Lipinski definition) is 1. The molecule has 0 amide bonds. The lowest BCUT2D eigenvalue weighted by Gasteiger charge is -2.25. The maximum atomic E-state index is 4.30. The van der Waals surface area contributed by atoms with E-state index in [0.29, 0.717) is 0 Å². The van der Waals surface area contributed by atoms with Crippen molar-refractivity contribution in [1.82, 2.24) is 0 Å². The minimum absolute atomic E-state index is 0.909. The van der Waals surface area contributed by atoms with Crippen molar-refractivity contribution in [3.63, 3.8) is 0 Å². The molecular formula is C24H27N2S2+. The van der Waals surface area contributed by atoms with E-state index in [-0.39, 0.29) is 0 Å². The van der Waals surface area contributed by atoms with Crippen molar-refractivity contribution in [2.24, 2.45) is 0 Å². The molecule has 0 unspecified atom stereocenters. The largest absolute Gasteiger partial charge is 0.366 e. The zero-order chi connectivity index (χ0) is 19.6. The molecule has 2 aromatic carbocycles. The number of aryl methyl sites for hydroxylation is 1. The van der Waals surface area contributed by atoms with Crippen molar-refractivity contribution in [3.8, 4) is 0 Å². The van der Waals surface area contributed by atoms with Crippen LogP contribution in [0.2, 0.25) is 0 Å². The van der Waals surface area contributed by atoms with Crippen LogP contribution in [0.15, 0.2) is 79.1 Å². The number of anilines is 1. The van der Waals surface area contributed by atoms with Crippen LogP contribution in [0.5, 0.6) is 0 Å². The number of rotatable bonds is 9. The van der Waals surface area contributed by atoms with Gasteiger partial charge in [-0.2, -0.15) is 0 Å². The summed E-state index contributed by atoms with van der Waals surface area (Å²) in [6.45, 7) is 5.02. The minimum Gasteiger partial charge on any atom is -0.366 e. The quantitative estimate of drug-likeness (QED) is 0.274. The van der Waals surface area contributed by atoms with Crippen molar-refractivity contribution in [2.75, 3.05) is 17.2 Å². The van der Waals surface area contributed by atoms with Crippen LogP contribution in [0.3, 0.4) is 0 Å². The van der Waals surface area contributed by atoms with Crippen molar-refractivity contribution in [2.45, 2.75) is 20.0 Å². The monoisotopic (exact) mass is 407 g/mol. The fourth-order valence-electron chi connectivity index (χ4n) is 3.03. The molecule has 0 aliphatic carbocycles. The van der Waals surface area contributed by atoms with Gasteiger partial charge in [0, 0.05) is 36.7 Å². The second-order valence-electron chi connectivity index (χ2n) is 6.63. The highest BCUT2D eigenvalue weighted by Gasteiger charge is 2.07. The summed E-state index contributed by atoms with van der Waals surface area (Å²) in [4.78, 5) is 2.41. The van der Waals surface area contributed by atoms with Gasteiger partial charge in [-0.1, -0.05) is 65.4 Å². The fraction of sp³-hybridized carbons (Fsp3) is 0.208. The van der Waals surface area contributed by atoms with Crippen LogP contribution < -0.4 is 9.47 Å². The van der Waals surface area contributed by atoms with Gasteiger partial charge in [-0.3, -0.25) is 0 Å². The molecular weight excluding hydrogens is 380 g/mol. The molecule has 3 rings (SSSR count). The van der Waals surface area contributed by atoms with Crippen LogP contribution in [0, 0.1) is 0 Å². The molecule has 1 aromatic heterocycles. The van der Waals surface area contributed by atoms with Crippen LogP contribution >= 0.6 is 22.5 Å². The maximum absolute atomic E-state index is 4.30. The molecule has 28 heavy (non-hydrogen) atoms. The summed E-state index contributed by atoms with van der Waals surface area (Å²) in [5.74, 6) is 0.989. The Bertz CT molecular complexity index is 859. The van der Waals surface area contributed by atoms with E-state index in [2.05, 4.69) is 119 Å². The van der Waals surface area contributed by atoms with E-state index in [0.717, 1.165) is 25.4 Å². The second kappa shape index (κ2) is 11.0. The standard InChI is InChI=1S/C24H26N2S2/c1-2-25-16-14-22(15-17-25)9-8-21-10-12-24(13-11-21)26(18-19-28-27)20-23-6-4-3-5-7-23/h3-17H,2,18-20H2,1H3/p+1. The summed E-state index contributed by atoms with van der Waals surface area (Å²) >= 11 is 4.30. The van der Waals surface area contributed by atoms with E-state index in [1.807, 2.05) is 0 Å². The summed E-state index contributed by atoms with van der Waals surface area (Å²) in [5.41, 5.74) is 4.99. The van der Waals surface area contributed by atoms with E-state index in [1.54, 1.807) is 10.8 Å². The Morgan fingerprint density at radius 3 is 2.14 bits per heavy atom. The summed E-state index contributed by atoms with van der Waals surface area (Å²) in [6, 6.07) is 23.7. The first-order valence-electron chi connectivity index (χ1n) is 9.61. The first kappa shape index (κ1) is 20.6. The predicted octanol–water partition coefficient (Wildman–Crippen LogP) is 5.75. The van der Waals surface area contributed by atoms with E-state index in [1.165, 1.54) is 22.4 Å². The van der Waals surface area contributed by atoms with E-state index in [4.69, 9.17) is 0 Å². The molecule has 3 aromatic rings. The number of aromatic nitrogens is 1.